The maximum absolute atomic E-state index is 13.0. The van der Waals surface area contributed by atoms with Crippen molar-refractivity contribution < 1.29 is 12.8 Å². The Hall–Kier alpha value is -1.02. The van der Waals surface area contributed by atoms with Crippen molar-refractivity contribution in [3.63, 3.8) is 0 Å². The Morgan fingerprint density at radius 2 is 2.05 bits per heavy atom. The van der Waals surface area contributed by atoms with E-state index in [0.29, 0.717) is 18.7 Å². The normalized spacial score (nSPS) is 17.2. The molecule has 5 nitrogen and oxygen atoms in total. The van der Waals surface area contributed by atoms with Crippen molar-refractivity contribution in [1.82, 2.24) is 14.9 Å². The second-order valence-electron chi connectivity index (χ2n) is 4.87. The lowest BCUT2D eigenvalue weighted by Crippen LogP contribution is -2.46. The molecule has 7 heteroatoms. The molecule has 1 aromatic rings. The largest absolute Gasteiger partial charge is 0.314 e. The Labute approximate surface area is 119 Å². The predicted molar refractivity (Wildman–Crippen MR) is 76.3 cm³/mol. The fourth-order valence-electron chi connectivity index (χ4n) is 2.19. The number of nitrogens with one attached hydrogen (secondary N) is 2. The van der Waals surface area contributed by atoms with Crippen LogP contribution in [0.25, 0.3) is 0 Å². The SMILES string of the molecule is O=S(=O)(Cc1cccc(F)c1)NCCN1CCNCC1. The molecule has 1 saturated heterocycles. The van der Waals surface area contributed by atoms with Crippen molar-refractivity contribution in [2.75, 3.05) is 39.3 Å². The summed E-state index contributed by atoms with van der Waals surface area (Å²) >= 11 is 0. The van der Waals surface area contributed by atoms with E-state index in [9.17, 15) is 12.8 Å². The number of rotatable bonds is 6. The van der Waals surface area contributed by atoms with E-state index >= 15 is 0 Å². The second kappa shape index (κ2) is 7.12. The highest BCUT2D eigenvalue weighted by Gasteiger charge is 2.13. The van der Waals surface area contributed by atoms with E-state index in [2.05, 4.69) is 14.9 Å². The van der Waals surface area contributed by atoms with Gasteiger partial charge in [-0.3, -0.25) is 4.90 Å². The van der Waals surface area contributed by atoms with Crippen molar-refractivity contribution in [2.45, 2.75) is 5.75 Å². The Morgan fingerprint density at radius 1 is 1.30 bits per heavy atom. The molecule has 1 heterocycles. The molecule has 0 spiro atoms. The van der Waals surface area contributed by atoms with Crippen LogP contribution in [0.5, 0.6) is 0 Å². The van der Waals surface area contributed by atoms with Gasteiger partial charge in [-0.2, -0.15) is 0 Å². The average Bonchev–Trinajstić information content (AvgIpc) is 2.39. The molecule has 1 aliphatic heterocycles. The third-order valence-electron chi connectivity index (χ3n) is 3.21. The van der Waals surface area contributed by atoms with Crippen LogP contribution in [0.1, 0.15) is 5.56 Å². The fraction of sp³-hybridized carbons (Fsp3) is 0.538. The van der Waals surface area contributed by atoms with Crippen molar-refractivity contribution in [3.8, 4) is 0 Å². The van der Waals surface area contributed by atoms with E-state index in [1.54, 1.807) is 6.07 Å². The Kier molecular flexibility index (Phi) is 5.47. The number of nitrogens with zero attached hydrogens (tertiary/aromatic N) is 1. The van der Waals surface area contributed by atoms with Gasteiger partial charge >= 0.3 is 0 Å². The van der Waals surface area contributed by atoms with Crippen LogP contribution in [0.15, 0.2) is 24.3 Å². The molecule has 1 aromatic carbocycles. The number of hydrogen-bond acceptors (Lipinski definition) is 4. The van der Waals surface area contributed by atoms with E-state index in [1.807, 2.05) is 0 Å². The third-order valence-corrected chi connectivity index (χ3v) is 4.56. The zero-order valence-corrected chi connectivity index (χ0v) is 12.1. The van der Waals surface area contributed by atoms with Crippen LogP contribution in [0.3, 0.4) is 0 Å². The number of hydrogen-bond donors (Lipinski definition) is 2. The van der Waals surface area contributed by atoms with Crippen molar-refractivity contribution in [2.24, 2.45) is 0 Å². The van der Waals surface area contributed by atoms with Crippen LogP contribution in [0.4, 0.5) is 4.39 Å². The van der Waals surface area contributed by atoms with Crippen LogP contribution >= 0.6 is 0 Å². The second-order valence-corrected chi connectivity index (χ2v) is 6.68. The molecule has 2 N–H and O–H groups in total. The first kappa shape index (κ1) is 15.4. The fourth-order valence-corrected chi connectivity index (χ4v) is 3.31. The highest BCUT2D eigenvalue weighted by molar-refractivity contribution is 7.88. The van der Waals surface area contributed by atoms with Gasteiger partial charge in [0.25, 0.3) is 0 Å². The summed E-state index contributed by atoms with van der Waals surface area (Å²) in [4.78, 5) is 2.21. The van der Waals surface area contributed by atoms with Gasteiger partial charge in [0.1, 0.15) is 5.82 Å². The van der Waals surface area contributed by atoms with Gasteiger partial charge in [0, 0.05) is 39.3 Å². The van der Waals surface area contributed by atoms with Gasteiger partial charge in [-0.1, -0.05) is 12.1 Å². The molecule has 0 unspecified atom stereocenters. The van der Waals surface area contributed by atoms with E-state index in [4.69, 9.17) is 0 Å². The lowest BCUT2D eigenvalue weighted by Gasteiger charge is -2.27. The minimum Gasteiger partial charge on any atom is -0.314 e. The molecule has 20 heavy (non-hydrogen) atoms. The molecular weight excluding hydrogens is 281 g/mol. The molecule has 0 aromatic heterocycles. The molecular formula is C13H20FN3O2S. The van der Waals surface area contributed by atoms with E-state index in [-0.39, 0.29) is 5.75 Å². The first-order valence-corrected chi connectivity index (χ1v) is 8.35. The Balaban J connectivity index is 1.78. The van der Waals surface area contributed by atoms with Crippen molar-refractivity contribution >= 4 is 10.0 Å². The summed E-state index contributed by atoms with van der Waals surface area (Å²) in [5, 5.41) is 3.24. The summed E-state index contributed by atoms with van der Waals surface area (Å²) < 4.78 is 39.3. The molecule has 0 radical (unpaired) electrons. The molecule has 0 amide bonds. The summed E-state index contributed by atoms with van der Waals surface area (Å²) in [6, 6.07) is 5.67. The van der Waals surface area contributed by atoms with Gasteiger partial charge < -0.3 is 5.32 Å². The standard InChI is InChI=1S/C13H20FN3O2S/c14-13-3-1-2-12(10-13)11-20(18,19)16-6-9-17-7-4-15-5-8-17/h1-3,10,15-16H,4-9,11H2. The number of halogens is 1. The first-order valence-electron chi connectivity index (χ1n) is 6.70. The van der Waals surface area contributed by atoms with Gasteiger partial charge in [0.05, 0.1) is 5.75 Å². The quantitative estimate of drug-likeness (QED) is 0.785. The molecule has 1 fully saturated rings. The van der Waals surface area contributed by atoms with Crippen LogP contribution in [0, 0.1) is 5.82 Å². The highest BCUT2D eigenvalue weighted by atomic mass is 32.2. The molecule has 0 aliphatic carbocycles. The average molecular weight is 301 g/mol. The van der Waals surface area contributed by atoms with Crippen LogP contribution < -0.4 is 10.0 Å². The van der Waals surface area contributed by atoms with E-state index < -0.39 is 15.8 Å². The predicted octanol–water partition coefficient (Wildman–Crippen LogP) is 0.150. The third kappa shape index (κ3) is 5.16. The lowest BCUT2D eigenvalue weighted by molar-refractivity contribution is 0.245. The summed E-state index contributed by atoms with van der Waals surface area (Å²) in [5.41, 5.74) is 0.458. The monoisotopic (exact) mass is 301 g/mol. The summed E-state index contributed by atoms with van der Waals surface area (Å²) in [7, 11) is -3.41. The number of benzene rings is 1. The van der Waals surface area contributed by atoms with Crippen LogP contribution in [-0.2, 0) is 15.8 Å². The van der Waals surface area contributed by atoms with Crippen molar-refractivity contribution in [3.05, 3.63) is 35.6 Å². The highest BCUT2D eigenvalue weighted by Crippen LogP contribution is 2.07. The van der Waals surface area contributed by atoms with Gasteiger partial charge in [-0.05, 0) is 17.7 Å². The van der Waals surface area contributed by atoms with Crippen LogP contribution in [-0.4, -0.2) is 52.6 Å². The molecule has 1 aliphatic rings. The Morgan fingerprint density at radius 3 is 2.75 bits per heavy atom. The summed E-state index contributed by atoms with van der Waals surface area (Å²) in [5.74, 6) is -0.606. The number of piperazine rings is 1. The van der Waals surface area contributed by atoms with Gasteiger partial charge in [0.2, 0.25) is 10.0 Å². The maximum Gasteiger partial charge on any atom is 0.215 e. The minimum atomic E-state index is -3.41. The minimum absolute atomic E-state index is 0.188. The lowest BCUT2D eigenvalue weighted by atomic mass is 10.2. The van der Waals surface area contributed by atoms with Gasteiger partial charge in [-0.25, -0.2) is 17.5 Å². The smallest absolute Gasteiger partial charge is 0.215 e. The van der Waals surface area contributed by atoms with Crippen LogP contribution in [0.2, 0.25) is 0 Å². The molecule has 0 saturated carbocycles. The molecule has 0 atom stereocenters. The van der Waals surface area contributed by atoms with Crippen molar-refractivity contribution in [1.29, 1.82) is 0 Å². The summed E-state index contributed by atoms with van der Waals surface area (Å²) in [6.45, 7) is 4.84. The van der Waals surface area contributed by atoms with E-state index in [0.717, 1.165) is 26.2 Å². The zero-order chi connectivity index (χ0) is 14.4. The summed E-state index contributed by atoms with van der Waals surface area (Å²) in [6.07, 6.45) is 0. The molecule has 2 rings (SSSR count). The maximum atomic E-state index is 13.0. The molecule has 112 valence electrons. The first-order chi connectivity index (χ1) is 9.55. The Bertz CT molecular complexity index is 530. The zero-order valence-electron chi connectivity index (χ0n) is 11.3. The molecule has 0 bridgehead atoms. The van der Waals surface area contributed by atoms with Gasteiger partial charge in [-0.15, -0.1) is 0 Å². The van der Waals surface area contributed by atoms with Gasteiger partial charge in [0.15, 0.2) is 0 Å². The topological polar surface area (TPSA) is 61.4 Å². The number of sulfonamides is 1. The van der Waals surface area contributed by atoms with E-state index in [1.165, 1.54) is 18.2 Å².